The van der Waals surface area contributed by atoms with Crippen LogP contribution in [0, 0.1) is 0 Å². The van der Waals surface area contributed by atoms with Gasteiger partial charge in [0.2, 0.25) is 11.8 Å². The molecule has 2 aliphatic rings. The van der Waals surface area contributed by atoms with E-state index in [0.29, 0.717) is 13.0 Å². The lowest BCUT2D eigenvalue weighted by Gasteiger charge is -2.22. The topological polar surface area (TPSA) is 52.7 Å². The summed E-state index contributed by atoms with van der Waals surface area (Å²) in [7, 11) is 0. The molecule has 5 nitrogen and oxygen atoms in total. The number of carbonyl (C=O) groups is 2. The zero-order chi connectivity index (χ0) is 16.8. The molecule has 1 fully saturated rings. The maximum absolute atomic E-state index is 12.4. The number of rotatable bonds is 6. The average Bonchev–Trinajstić information content (AvgIpc) is 3.05. The average molecular weight is 329 g/mol. The molecule has 130 valence electrons. The van der Waals surface area contributed by atoms with Crippen molar-refractivity contribution < 1.29 is 9.59 Å². The molecule has 1 saturated heterocycles. The molecule has 0 aliphatic carbocycles. The number of likely N-dealkylation sites (tertiary alicyclic amines) is 1. The molecule has 0 radical (unpaired) electrons. The normalized spacial score (nSPS) is 18.3. The fourth-order valence-corrected chi connectivity index (χ4v) is 3.59. The van der Waals surface area contributed by atoms with E-state index in [4.69, 9.17) is 0 Å². The van der Waals surface area contributed by atoms with Crippen molar-refractivity contribution in [3.05, 3.63) is 29.8 Å². The van der Waals surface area contributed by atoms with E-state index in [9.17, 15) is 9.59 Å². The third-order valence-corrected chi connectivity index (χ3v) is 4.89. The highest BCUT2D eigenvalue weighted by atomic mass is 16.2. The highest BCUT2D eigenvalue weighted by Crippen LogP contribution is 2.26. The Morgan fingerprint density at radius 3 is 2.71 bits per heavy atom. The van der Waals surface area contributed by atoms with Crippen LogP contribution < -0.4 is 10.2 Å². The molecule has 2 aliphatic heterocycles. The van der Waals surface area contributed by atoms with E-state index in [2.05, 4.69) is 16.3 Å². The van der Waals surface area contributed by atoms with Crippen molar-refractivity contribution in [3.8, 4) is 0 Å². The number of anilines is 1. The van der Waals surface area contributed by atoms with Crippen LogP contribution in [0.1, 0.15) is 37.7 Å². The minimum absolute atomic E-state index is 0.0483. The van der Waals surface area contributed by atoms with E-state index in [1.807, 2.05) is 18.2 Å². The molecule has 0 atom stereocenters. The van der Waals surface area contributed by atoms with Crippen LogP contribution in [-0.2, 0) is 16.0 Å². The number of aryl methyl sites for hydroxylation is 1. The van der Waals surface area contributed by atoms with Crippen LogP contribution in [0.15, 0.2) is 24.3 Å². The SMILES string of the molecule is O=C(CN1C(=O)CCCc2ccccc21)NCCCN1CCCC1. The standard InChI is InChI=1S/C19H27N3O2/c23-18(20-11-6-14-21-12-3-4-13-21)15-22-17-9-2-1-7-16(17)8-5-10-19(22)24/h1-2,7,9H,3-6,8,10-15H2,(H,20,23). The number of amides is 2. The molecule has 24 heavy (non-hydrogen) atoms. The summed E-state index contributed by atoms with van der Waals surface area (Å²) in [6.07, 6.45) is 5.82. The Kier molecular flexibility index (Phi) is 5.86. The lowest BCUT2D eigenvalue weighted by atomic mass is 10.1. The van der Waals surface area contributed by atoms with Gasteiger partial charge in [0.15, 0.2) is 0 Å². The first-order chi connectivity index (χ1) is 11.7. The molecule has 1 aromatic carbocycles. The summed E-state index contributed by atoms with van der Waals surface area (Å²) in [4.78, 5) is 28.7. The first-order valence-electron chi connectivity index (χ1n) is 9.11. The van der Waals surface area contributed by atoms with Crippen molar-refractivity contribution >= 4 is 17.5 Å². The molecule has 1 aromatic rings. The van der Waals surface area contributed by atoms with Crippen molar-refractivity contribution in [2.45, 2.75) is 38.5 Å². The number of carbonyl (C=O) groups excluding carboxylic acids is 2. The van der Waals surface area contributed by atoms with Gasteiger partial charge in [0, 0.05) is 18.7 Å². The van der Waals surface area contributed by atoms with E-state index in [-0.39, 0.29) is 18.4 Å². The van der Waals surface area contributed by atoms with Gasteiger partial charge in [0.25, 0.3) is 0 Å². The van der Waals surface area contributed by atoms with Gasteiger partial charge in [0.1, 0.15) is 6.54 Å². The Labute approximate surface area is 144 Å². The Hall–Kier alpha value is -1.88. The Bertz CT molecular complexity index is 582. The molecule has 1 N–H and O–H groups in total. The highest BCUT2D eigenvalue weighted by molar-refractivity contribution is 5.99. The lowest BCUT2D eigenvalue weighted by molar-refractivity contribution is -0.123. The van der Waals surface area contributed by atoms with E-state index in [1.54, 1.807) is 4.90 Å². The number of para-hydroxylation sites is 1. The maximum Gasteiger partial charge on any atom is 0.240 e. The van der Waals surface area contributed by atoms with Gasteiger partial charge >= 0.3 is 0 Å². The number of fused-ring (bicyclic) bond motifs is 1. The minimum atomic E-state index is -0.0681. The number of hydrogen-bond donors (Lipinski definition) is 1. The van der Waals surface area contributed by atoms with E-state index in [1.165, 1.54) is 25.9 Å². The molecule has 0 aromatic heterocycles. The van der Waals surface area contributed by atoms with Gasteiger partial charge in [-0.2, -0.15) is 0 Å². The van der Waals surface area contributed by atoms with Gasteiger partial charge in [-0.25, -0.2) is 0 Å². The molecule has 0 spiro atoms. The van der Waals surface area contributed by atoms with Gasteiger partial charge in [-0.15, -0.1) is 0 Å². The van der Waals surface area contributed by atoms with Crippen molar-refractivity contribution in [1.29, 1.82) is 0 Å². The predicted molar refractivity (Wildman–Crippen MR) is 95.0 cm³/mol. The first kappa shape index (κ1) is 17.0. The van der Waals surface area contributed by atoms with Gasteiger partial charge in [-0.3, -0.25) is 9.59 Å². The summed E-state index contributed by atoms with van der Waals surface area (Å²) in [6.45, 7) is 4.23. The van der Waals surface area contributed by atoms with Crippen LogP contribution in [-0.4, -0.2) is 49.4 Å². The molecule has 0 unspecified atom stereocenters. The monoisotopic (exact) mass is 329 g/mol. The molecule has 5 heteroatoms. The van der Waals surface area contributed by atoms with Crippen LogP contribution >= 0.6 is 0 Å². The third-order valence-electron chi connectivity index (χ3n) is 4.89. The minimum Gasteiger partial charge on any atom is -0.355 e. The summed E-state index contributed by atoms with van der Waals surface area (Å²) in [5, 5.41) is 2.97. The van der Waals surface area contributed by atoms with Crippen LogP contribution in [0.5, 0.6) is 0 Å². The molecular weight excluding hydrogens is 302 g/mol. The summed E-state index contributed by atoms with van der Waals surface area (Å²) in [5.41, 5.74) is 2.05. The van der Waals surface area contributed by atoms with Gasteiger partial charge in [0.05, 0.1) is 0 Å². The lowest BCUT2D eigenvalue weighted by Crippen LogP contribution is -2.41. The molecule has 2 amide bonds. The van der Waals surface area contributed by atoms with Crippen LogP contribution in [0.2, 0.25) is 0 Å². The van der Waals surface area contributed by atoms with Gasteiger partial charge in [-0.05, 0) is 63.4 Å². The molecular formula is C19H27N3O2. The van der Waals surface area contributed by atoms with Crippen molar-refractivity contribution in [2.24, 2.45) is 0 Å². The van der Waals surface area contributed by atoms with E-state index < -0.39 is 0 Å². The largest absolute Gasteiger partial charge is 0.355 e. The molecule has 3 rings (SSSR count). The first-order valence-corrected chi connectivity index (χ1v) is 9.11. The number of hydrogen-bond acceptors (Lipinski definition) is 3. The quantitative estimate of drug-likeness (QED) is 0.812. The number of nitrogens with zero attached hydrogens (tertiary/aromatic N) is 2. The summed E-state index contributed by atoms with van der Waals surface area (Å²) >= 11 is 0. The Morgan fingerprint density at radius 1 is 1.08 bits per heavy atom. The second kappa shape index (κ2) is 8.29. The fourth-order valence-electron chi connectivity index (χ4n) is 3.59. The smallest absolute Gasteiger partial charge is 0.240 e. The van der Waals surface area contributed by atoms with Crippen LogP contribution in [0.3, 0.4) is 0 Å². The predicted octanol–water partition coefficient (Wildman–Crippen LogP) is 1.96. The summed E-state index contributed by atoms with van der Waals surface area (Å²) < 4.78 is 0. The number of nitrogens with one attached hydrogen (secondary N) is 1. The molecule has 0 bridgehead atoms. The zero-order valence-electron chi connectivity index (χ0n) is 14.3. The van der Waals surface area contributed by atoms with Gasteiger partial charge in [-0.1, -0.05) is 18.2 Å². The highest BCUT2D eigenvalue weighted by Gasteiger charge is 2.23. The van der Waals surface area contributed by atoms with E-state index in [0.717, 1.165) is 37.1 Å². The Morgan fingerprint density at radius 2 is 1.88 bits per heavy atom. The molecule has 2 heterocycles. The zero-order valence-corrected chi connectivity index (χ0v) is 14.3. The maximum atomic E-state index is 12.4. The second-order valence-corrected chi connectivity index (χ2v) is 6.71. The van der Waals surface area contributed by atoms with Crippen molar-refractivity contribution in [1.82, 2.24) is 10.2 Å². The van der Waals surface area contributed by atoms with Crippen molar-refractivity contribution in [3.63, 3.8) is 0 Å². The van der Waals surface area contributed by atoms with Crippen LogP contribution in [0.25, 0.3) is 0 Å². The third kappa shape index (κ3) is 4.35. The summed E-state index contributed by atoms with van der Waals surface area (Å²) in [5.74, 6) is -0.0198. The number of benzene rings is 1. The molecule has 0 saturated carbocycles. The summed E-state index contributed by atoms with van der Waals surface area (Å²) in [6, 6.07) is 7.91. The fraction of sp³-hybridized carbons (Fsp3) is 0.579. The second-order valence-electron chi connectivity index (χ2n) is 6.71. The van der Waals surface area contributed by atoms with Crippen LogP contribution in [0.4, 0.5) is 5.69 Å². The van der Waals surface area contributed by atoms with E-state index >= 15 is 0 Å². The Balaban J connectivity index is 1.50. The van der Waals surface area contributed by atoms with Crippen molar-refractivity contribution in [2.75, 3.05) is 37.6 Å². The van der Waals surface area contributed by atoms with Gasteiger partial charge < -0.3 is 15.1 Å².